The van der Waals surface area contributed by atoms with E-state index in [1.807, 2.05) is 59.5 Å². The van der Waals surface area contributed by atoms with E-state index >= 15 is 0 Å². The van der Waals surface area contributed by atoms with Crippen molar-refractivity contribution in [3.63, 3.8) is 0 Å². The number of fused-ring (bicyclic) bond motifs is 1. The van der Waals surface area contributed by atoms with Crippen LogP contribution in [0.15, 0.2) is 54.6 Å². The van der Waals surface area contributed by atoms with Gasteiger partial charge in [0.2, 0.25) is 5.91 Å². The molecule has 1 aliphatic heterocycles. The molecule has 2 aromatic rings. The third kappa shape index (κ3) is 4.08. The molecule has 1 heterocycles. The van der Waals surface area contributed by atoms with Gasteiger partial charge in [-0.15, -0.1) is 0 Å². The number of hydrogen-bond acceptors (Lipinski definition) is 2. The Bertz CT molecular complexity index is 756. The van der Waals surface area contributed by atoms with E-state index in [0.29, 0.717) is 31.1 Å². The summed E-state index contributed by atoms with van der Waals surface area (Å²) in [7, 11) is 0. The number of carbonyl (C=O) groups excluding carboxylic acids is 2. The lowest BCUT2D eigenvalue weighted by Gasteiger charge is -2.27. The van der Waals surface area contributed by atoms with Crippen LogP contribution in [0.4, 0.5) is 0 Å². The first kappa shape index (κ1) is 17.2. The van der Waals surface area contributed by atoms with Gasteiger partial charge in [0.05, 0.1) is 0 Å². The van der Waals surface area contributed by atoms with E-state index in [-0.39, 0.29) is 18.4 Å². The van der Waals surface area contributed by atoms with Crippen molar-refractivity contribution < 1.29 is 9.59 Å². The molecule has 2 aromatic carbocycles. The van der Waals surface area contributed by atoms with Crippen molar-refractivity contribution in [2.24, 2.45) is 5.92 Å². The summed E-state index contributed by atoms with van der Waals surface area (Å²) in [4.78, 5) is 28.9. The van der Waals surface area contributed by atoms with E-state index in [2.05, 4.69) is 13.8 Å². The first-order valence-corrected chi connectivity index (χ1v) is 8.73. The van der Waals surface area contributed by atoms with Gasteiger partial charge in [-0.05, 0) is 23.1 Å². The zero-order valence-corrected chi connectivity index (χ0v) is 14.8. The molecule has 0 atom stereocenters. The van der Waals surface area contributed by atoms with Gasteiger partial charge in [0.1, 0.15) is 6.54 Å². The van der Waals surface area contributed by atoms with Gasteiger partial charge in [-0.3, -0.25) is 9.59 Å². The summed E-state index contributed by atoms with van der Waals surface area (Å²) < 4.78 is 0. The molecule has 3 rings (SSSR count). The molecule has 0 N–H and O–H groups in total. The lowest BCUT2D eigenvalue weighted by atomic mass is 10.1. The van der Waals surface area contributed by atoms with E-state index in [4.69, 9.17) is 0 Å². The van der Waals surface area contributed by atoms with Gasteiger partial charge in [0.15, 0.2) is 0 Å². The van der Waals surface area contributed by atoms with E-state index in [1.165, 1.54) is 0 Å². The zero-order valence-electron chi connectivity index (χ0n) is 14.8. The fraction of sp³-hybridized carbons (Fsp3) is 0.333. The summed E-state index contributed by atoms with van der Waals surface area (Å²) in [5, 5.41) is 0. The first-order valence-electron chi connectivity index (χ1n) is 8.73. The third-order valence-corrected chi connectivity index (χ3v) is 4.38. The molecular weight excluding hydrogens is 312 g/mol. The van der Waals surface area contributed by atoms with Crippen molar-refractivity contribution in [1.82, 2.24) is 9.80 Å². The van der Waals surface area contributed by atoms with Gasteiger partial charge < -0.3 is 9.80 Å². The summed E-state index contributed by atoms with van der Waals surface area (Å²) >= 11 is 0. The number of rotatable bonds is 6. The van der Waals surface area contributed by atoms with Crippen LogP contribution in [0.3, 0.4) is 0 Å². The van der Waals surface area contributed by atoms with E-state index < -0.39 is 0 Å². The Morgan fingerprint density at radius 3 is 2.44 bits per heavy atom. The van der Waals surface area contributed by atoms with E-state index in [1.54, 1.807) is 4.90 Å². The molecule has 1 aliphatic rings. The Morgan fingerprint density at radius 2 is 1.76 bits per heavy atom. The average Bonchev–Trinajstić information content (AvgIpc) is 2.91. The van der Waals surface area contributed by atoms with E-state index in [0.717, 1.165) is 11.1 Å². The fourth-order valence-electron chi connectivity index (χ4n) is 3.20. The lowest BCUT2D eigenvalue weighted by Crippen LogP contribution is -2.41. The van der Waals surface area contributed by atoms with Crippen LogP contribution in [0.25, 0.3) is 0 Å². The molecule has 25 heavy (non-hydrogen) atoms. The van der Waals surface area contributed by atoms with Gasteiger partial charge in [-0.2, -0.15) is 0 Å². The Balaban J connectivity index is 1.69. The summed E-state index contributed by atoms with van der Waals surface area (Å²) in [6.45, 7) is 6.11. The number of hydrogen-bond donors (Lipinski definition) is 0. The molecule has 4 nitrogen and oxygen atoms in total. The Morgan fingerprint density at radius 1 is 1.08 bits per heavy atom. The van der Waals surface area contributed by atoms with Crippen LogP contribution in [0.5, 0.6) is 0 Å². The van der Waals surface area contributed by atoms with Crippen LogP contribution in [0.2, 0.25) is 0 Å². The number of nitrogens with zero attached hydrogens (tertiary/aromatic N) is 2. The zero-order chi connectivity index (χ0) is 17.8. The molecule has 4 heteroatoms. The highest BCUT2D eigenvalue weighted by molar-refractivity contribution is 6.00. The van der Waals surface area contributed by atoms with Crippen molar-refractivity contribution in [3.05, 3.63) is 71.3 Å². The van der Waals surface area contributed by atoms with Crippen molar-refractivity contribution in [3.8, 4) is 0 Å². The predicted molar refractivity (Wildman–Crippen MR) is 97.9 cm³/mol. The third-order valence-electron chi connectivity index (χ3n) is 4.38. The number of benzene rings is 2. The molecule has 0 aliphatic carbocycles. The molecule has 0 unspecified atom stereocenters. The second-order valence-corrected chi connectivity index (χ2v) is 6.97. The number of carbonyl (C=O) groups is 2. The summed E-state index contributed by atoms with van der Waals surface area (Å²) in [5.74, 6) is 0.325. The summed E-state index contributed by atoms with van der Waals surface area (Å²) in [6, 6.07) is 17.6. The first-order chi connectivity index (χ1) is 12.0. The highest BCUT2D eigenvalue weighted by Crippen LogP contribution is 2.22. The van der Waals surface area contributed by atoms with Gasteiger partial charge in [0, 0.05) is 25.2 Å². The van der Waals surface area contributed by atoms with Crippen molar-refractivity contribution >= 4 is 11.8 Å². The minimum Gasteiger partial charge on any atom is -0.337 e. The SMILES string of the molecule is CC(C)CN(Cc1ccccc1)C(=O)CN1Cc2ccccc2C1=O. The van der Waals surface area contributed by atoms with Crippen molar-refractivity contribution in [1.29, 1.82) is 0 Å². The monoisotopic (exact) mass is 336 g/mol. The van der Waals surface area contributed by atoms with Gasteiger partial charge in [-0.25, -0.2) is 0 Å². The standard InChI is InChI=1S/C21H24N2O2/c1-16(2)12-22(13-17-8-4-3-5-9-17)20(24)15-23-14-18-10-6-7-11-19(18)21(23)25/h3-11,16H,12-15H2,1-2H3. The van der Waals surface area contributed by atoms with Crippen LogP contribution < -0.4 is 0 Å². The molecule has 0 radical (unpaired) electrons. The summed E-state index contributed by atoms with van der Waals surface area (Å²) in [6.07, 6.45) is 0. The maximum Gasteiger partial charge on any atom is 0.254 e. The highest BCUT2D eigenvalue weighted by atomic mass is 16.2. The molecule has 0 spiro atoms. The molecule has 0 aromatic heterocycles. The van der Waals surface area contributed by atoms with Crippen molar-refractivity contribution in [2.45, 2.75) is 26.9 Å². The van der Waals surface area contributed by atoms with Gasteiger partial charge in [-0.1, -0.05) is 62.4 Å². The number of amides is 2. The molecule has 0 fully saturated rings. The minimum atomic E-state index is -0.0480. The molecule has 130 valence electrons. The van der Waals surface area contributed by atoms with Gasteiger partial charge in [0.25, 0.3) is 5.91 Å². The second kappa shape index (κ2) is 7.51. The average molecular weight is 336 g/mol. The molecule has 0 bridgehead atoms. The topological polar surface area (TPSA) is 40.6 Å². The van der Waals surface area contributed by atoms with Crippen LogP contribution >= 0.6 is 0 Å². The van der Waals surface area contributed by atoms with Crippen LogP contribution in [-0.2, 0) is 17.9 Å². The smallest absolute Gasteiger partial charge is 0.254 e. The van der Waals surface area contributed by atoms with Gasteiger partial charge >= 0.3 is 0 Å². The Labute approximate surface area is 149 Å². The van der Waals surface area contributed by atoms with Crippen molar-refractivity contribution in [2.75, 3.05) is 13.1 Å². The Kier molecular flexibility index (Phi) is 5.17. The van der Waals surface area contributed by atoms with Crippen LogP contribution in [-0.4, -0.2) is 34.7 Å². The molecule has 2 amide bonds. The highest BCUT2D eigenvalue weighted by Gasteiger charge is 2.29. The van der Waals surface area contributed by atoms with Crippen LogP contribution in [0, 0.1) is 5.92 Å². The normalized spacial score (nSPS) is 13.2. The largest absolute Gasteiger partial charge is 0.337 e. The summed E-state index contributed by atoms with van der Waals surface area (Å²) in [5.41, 5.74) is 2.82. The molecule has 0 saturated heterocycles. The maximum absolute atomic E-state index is 12.9. The molecular formula is C21H24N2O2. The minimum absolute atomic E-state index is 0.00120. The predicted octanol–water partition coefficient (Wildman–Crippen LogP) is 3.33. The van der Waals surface area contributed by atoms with E-state index in [9.17, 15) is 9.59 Å². The molecule has 0 saturated carbocycles. The van der Waals surface area contributed by atoms with Crippen LogP contribution in [0.1, 0.15) is 35.3 Å². The second-order valence-electron chi connectivity index (χ2n) is 6.97. The maximum atomic E-state index is 12.9. The Hall–Kier alpha value is -2.62. The fourth-order valence-corrected chi connectivity index (χ4v) is 3.20. The quantitative estimate of drug-likeness (QED) is 0.812. The lowest BCUT2D eigenvalue weighted by molar-refractivity contribution is -0.133.